The standard InChI is InChI=1S/C11H22N4/c1-14(2)11(5-4-6-11)9-13-10-12-7-8-15(10)3/h4-9H2,1-3H3,(H,12,13). The number of likely N-dealkylation sites (N-methyl/N-ethyl adjacent to an activating group) is 2. The van der Waals surface area contributed by atoms with E-state index in [2.05, 4.69) is 41.3 Å². The van der Waals surface area contributed by atoms with Crippen molar-refractivity contribution in [1.82, 2.24) is 15.1 Å². The maximum Gasteiger partial charge on any atom is 0.193 e. The van der Waals surface area contributed by atoms with Crippen LogP contribution in [-0.2, 0) is 0 Å². The van der Waals surface area contributed by atoms with E-state index in [9.17, 15) is 0 Å². The summed E-state index contributed by atoms with van der Waals surface area (Å²) in [5.41, 5.74) is 0.381. The Kier molecular flexibility index (Phi) is 2.87. The molecule has 1 heterocycles. The predicted octanol–water partition coefficient (Wildman–Crippen LogP) is 0.362. The summed E-state index contributed by atoms with van der Waals surface area (Å²) in [4.78, 5) is 9.01. The fraction of sp³-hybridized carbons (Fsp3) is 0.909. The molecule has 0 amide bonds. The summed E-state index contributed by atoms with van der Waals surface area (Å²) in [6.45, 7) is 3.02. The number of nitrogens with zero attached hydrogens (tertiary/aromatic N) is 3. The SMILES string of the molecule is CN1CCN=C1NCC1(N(C)C)CCC1. The van der Waals surface area contributed by atoms with Gasteiger partial charge in [-0.3, -0.25) is 4.99 Å². The molecule has 0 radical (unpaired) electrons. The molecular weight excluding hydrogens is 188 g/mol. The number of rotatable bonds is 3. The molecule has 2 aliphatic rings. The normalized spacial score (nSPS) is 24.0. The molecule has 15 heavy (non-hydrogen) atoms. The van der Waals surface area contributed by atoms with E-state index in [1.54, 1.807) is 0 Å². The number of hydrogen-bond donors (Lipinski definition) is 1. The molecule has 0 bridgehead atoms. The van der Waals surface area contributed by atoms with Crippen molar-refractivity contribution in [3.8, 4) is 0 Å². The third-order valence-electron chi connectivity index (χ3n) is 3.87. The van der Waals surface area contributed by atoms with Crippen LogP contribution in [0, 0.1) is 0 Å². The maximum atomic E-state index is 4.45. The van der Waals surface area contributed by atoms with Crippen molar-refractivity contribution >= 4 is 5.96 Å². The molecule has 1 aliphatic carbocycles. The first-order chi connectivity index (χ1) is 7.14. The quantitative estimate of drug-likeness (QED) is 0.730. The fourth-order valence-electron chi connectivity index (χ4n) is 2.33. The first-order valence-corrected chi connectivity index (χ1v) is 5.81. The lowest BCUT2D eigenvalue weighted by atomic mass is 9.75. The fourth-order valence-corrected chi connectivity index (χ4v) is 2.33. The molecule has 0 saturated heterocycles. The van der Waals surface area contributed by atoms with Gasteiger partial charge in [-0.15, -0.1) is 0 Å². The summed E-state index contributed by atoms with van der Waals surface area (Å²) in [6.07, 6.45) is 3.98. The van der Waals surface area contributed by atoms with Crippen LogP contribution in [0.2, 0.25) is 0 Å². The lowest BCUT2D eigenvalue weighted by Gasteiger charge is -2.47. The second-order valence-electron chi connectivity index (χ2n) is 4.95. The van der Waals surface area contributed by atoms with Crippen LogP contribution in [0.5, 0.6) is 0 Å². The van der Waals surface area contributed by atoms with E-state index < -0.39 is 0 Å². The van der Waals surface area contributed by atoms with Gasteiger partial charge in [0.05, 0.1) is 6.54 Å². The lowest BCUT2D eigenvalue weighted by Crippen LogP contribution is -2.58. The minimum absolute atomic E-state index is 0.381. The second kappa shape index (κ2) is 4.00. The van der Waals surface area contributed by atoms with Crippen LogP contribution < -0.4 is 5.32 Å². The van der Waals surface area contributed by atoms with Gasteiger partial charge in [0.25, 0.3) is 0 Å². The van der Waals surface area contributed by atoms with E-state index in [1.807, 2.05) is 0 Å². The highest BCUT2D eigenvalue weighted by Crippen LogP contribution is 2.35. The van der Waals surface area contributed by atoms with Crippen molar-refractivity contribution in [1.29, 1.82) is 0 Å². The summed E-state index contributed by atoms with van der Waals surface area (Å²) < 4.78 is 0. The Morgan fingerprint density at radius 2 is 2.20 bits per heavy atom. The van der Waals surface area contributed by atoms with Gasteiger partial charge >= 0.3 is 0 Å². The Morgan fingerprint density at radius 3 is 2.60 bits per heavy atom. The van der Waals surface area contributed by atoms with E-state index in [0.29, 0.717) is 5.54 Å². The topological polar surface area (TPSA) is 30.9 Å². The molecule has 4 nitrogen and oxygen atoms in total. The average molecular weight is 210 g/mol. The molecule has 0 atom stereocenters. The number of guanidine groups is 1. The van der Waals surface area contributed by atoms with Crippen LogP contribution in [0.1, 0.15) is 19.3 Å². The third-order valence-corrected chi connectivity index (χ3v) is 3.87. The number of hydrogen-bond acceptors (Lipinski definition) is 4. The summed E-state index contributed by atoms with van der Waals surface area (Å²) in [5, 5.41) is 3.49. The molecule has 1 saturated carbocycles. The van der Waals surface area contributed by atoms with Crippen molar-refractivity contribution in [3.05, 3.63) is 0 Å². The van der Waals surface area contributed by atoms with E-state index >= 15 is 0 Å². The first-order valence-electron chi connectivity index (χ1n) is 5.81. The molecular formula is C11H22N4. The molecule has 0 unspecified atom stereocenters. The molecule has 1 fully saturated rings. The molecule has 1 N–H and O–H groups in total. The second-order valence-corrected chi connectivity index (χ2v) is 4.95. The molecule has 0 aromatic carbocycles. The first kappa shape index (κ1) is 10.7. The zero-order valence-corrected chi connectivity index (χ0v) is 10.1. The van der Waals surface area contributed by atoms with Gasteiger partial charge < -0.3 is 15.1 Å². The van der Waals surface area contributed by atoms with Gasteiger partial charge in [0.2, 0.25) is 0 Å². The zero-order chi connectivity index (χ0) is 10.9. The molecule has 2 rings (SSSR count). The Hall–Kier alpha value is -0.770. The summed E-state index contributed by atoms with van der Waals surface area (Å²) in [7, 11) is 6.46. The van der Waals surface area contributed by atoms with Gasteiger partial charge in [-0.1, -0.05) is 0 Å². The summed E-state index contributed by atoms with van der Waals surface area (Å²) in [6, 6.07) is 0. The van der Waals surface area contributed by atoms with E-state index in [0.717, 1.165) is 25.6 Å². The highest BCUT2D eigenvalue weighted by molar-refractivity contribution is 5.81. The van der Waals surface area contributed by atoms with Crippen LogP contribution >= 0.6 is 0 Å². The van der Waals surface area contributed by atoms with E-state index in [4.69, 9.17) is 0 Å². The zero-order valence-electron chi connectivity index (χ0n) is 10.1. The van der Waals surface area contributed by atoms with Crippen molar-refractivity contribution < 1.29 is 0 Å². The molecule has 1 aliphatic heterocycles. The largest absolute Gasteiger partial charge is 0.354 e. The Morgan fingerprint density at radius 1 is 1.47 bits per heavy atom. The van der Waals surface area contributed by atoms with Crippen molar-refractivity contribution in [2.24, 2.45) is 4.99 Å². The molecule has 0 aromatic rings. The Bertz CT molecular complexity index is 255. The number of aliphatic imine (C=N–C) groups is 1. The van der Waals surface area contributed by atoms with Gasteiger partial charge in [0.15, 0.2) is 5.96 Å². The van der Waals surface area contributed by atoms with Gasteiger partial charge in [-0.25, -0.2) is 0 Å². The minimum atomic E-state index is 0.381. The van der Waals surface area contributed by atoms with Crippen LogP contribution in [0.3, 0.4) is 0 Å². The van der Waals surface area contributed by atoms with Crippen LogP contribution in [0.25, 0.3) is 0 Å². The molecule has 0 aromatic heterocycles. The highest BCUT2D eigenvalue weighted by Gasteiger charge is 2.39. The number of nitrogens with one attached hydrogen (secondary N) is 1. The van der Waals surface area contributed by atoms with Crippen molar-refractivity contribution in [3.63, 3.8) is 0 Å². The smallest absolute Gasteiger partial charge is 0.193 e. The minimum Gasteiger partial charge on any atom is -0.354 e. The lowest BCUT2D eigenvalue weighted by molar-refractivity contribution is 0.0642. The van der Waals surface area contributed by atoms with E-state index in [1.165, 1.54) is 19.3 Å². The van der Waals surface area contributed by atoms with Gasteiger partial charge in [0, 0.05) is 25.7 Å². The molecule has 86 valence electrons. The highest BCUT2D eigenvalue weighted by atomic mass is 15.3. The van der Waals surface area contributed by atoms with E-state index in [-0.39, 0.29) is 0 Å². The van der Waals surface area contributed by atoms with Crippen LogP contribution in [-0.4, -0.2) is 62.1 Å². The van der Waals surface area contributed by atoms with Gasteiger partial charge in [-0.05, 0) is 33.4 Å². The van der Waals surface area contributed by atoms with Gasteiger partial charge in [-0.2, -0.15) is 0 Å². The summed E-state index contributed by atoms with van der Waals surface area (Å²) >= 11 is 0. The Labute approximate surface area is 92.3 Å². The Balaban J connectivity index is 1.86. The molecule has 4 heteroatoms. The van der Waals surface area contributed by atoms with Crippen LogP contribution in [0.4, 0.5) is 0 Å². The monoisotopic (exact) mass is 210 g/mol. The van der Waals surface area contributed by atoms with Crippen molar-refractivity contribution in [2.45, 2.75) is 24.8 Å². The predicted molar refractivity (Wildman–Crippen MR) is 63.2 cm³/mol. The molecule has 0 spiro atoms. The maximum absolute atomic E-state index is 4.45. The van der Waals surface area contributed by atoms with Crippen LogP contribution in [0.15, 0.2) is 4.99 Å². The summed E-state index contributed by atoms with van der Waals surface area (Å²) in [5.74, 6) is 1.07. The third kappa shape index (κ3) is 1.95. The average Bonchev–Trinajstić information content (AvgIpc) is 2.49. The van der Waals surface area contributed by atoms with Gasteiger partial charge in [0.1, 0.15) is 0 Å². The van der Waals surface area contributed by atoms with Crippen molar-refractivity contribution in [2.75, 3.05) is 40.8 Å².